The first kappa shape index (κ1) is 24.2. The lowest BCUT2D eigenvalue weighted by atomic mass is 10.1. The maximum absolute atomic E-state index is 13.1. The Hall–Kier alpha value is -3.51. The standard InChI is InChI=1S/C23H27ClN8O4/c1-14-25-21(29-27-14)5-6-22(33)31-11-18-20(12-31)36-13-16-10-32(30-28-16)7-2-8-35-19-9-15(23(34)26-18)3-4-17(19)24/h3-4,9-10,18,20H,2,5-8,11-13H2,1H3,(H,26,34)(H,25,27,29)/t18-,20-/m0/s1. The van der Waals surface area contributed by atoms with Crippen molar-refractivity contribution in [2.45, 2.75) is 51.5 Å². The van der Waals surface area contributed by atoms with E-state index >= 15 is 0 Å². The maximum atomic E-state index is 13.1. The number of nitrogens with one attached hydrogen (secondary N) is 2. The summed E-state index contributed by atoms with van der Waals surface area (Å²) in [5, 5.41) is 18.6. The molecule has 4 heterocycles. The number of nitrogens with zero attached hydrogens (tertiary/aromatic N) is 6. The van der Waals surface area contributed by atoms with E-state index in [1.165, 1.54) is 0 Å². The van der Waals surface area contributed by atoms with E-state index in [2.05, 4.69) is 30.8 Å². The highest BCUT2D eigenvalue weighted by Gasteiger charge is 2.37. The number of carbonyl (C=O) groups excluding carboxylic acids is 2. The van der Waals surface area contributed by atoms with Gasteiger partial charge in [-0.05, 0) is 25.1 Å². The first-order valence-corrected chi connectivity index (χ1v) is 12.2. The van der Waals surface area contributed by atoms with Crippen LogP contribution in [0.1, 0.15) is 40.5 Å². The van der Waals surface area contributed by atoms with Crippen LogP contribution in [0.2, 0.25) is 5.02 Å². The fraction of sp³-hybridized carbons (Fsp3) is 0.478. The van der Waals surface area contributed by atoms with Crippen molar-refractivity contribution >= 4 is 23.4 Å². The zero-order chi connectivity index (χ0) is 25.1. The molecule has 13 heteroatoms. The van der Waals surface area contributed by atoms with E-state index < -0.39 is 12.1 Å². The molecule has 36 heavy (non-hydrogen) atoms. The van der Waals surface area contributed by atoms with Crippen LogP contribution in [0.3, 0.4) is 0 Å². The minimum absolute atomic E-state index is 0.0539. The van der Waals surface area contributed by atoms with E-state index in [4.69, 9.17) is 21.1 Å². The number of amides is 2. The zero-order valence-electron chi connectivity index (χ0n) is 19.8. The van der Waals surface area contributed by atoms with Gasteiger partial charge in [0.15, 0.2) is 5.82 Å². The molecule has 0 unspecified atom stereocenters. The molecule has 0 saturated carbocycles. The SMILES string of the molecule is Cc1nc(CCC(=O)N2C[C@@H]3NC(=O)c4ccc(Cl)c(c4)OCCCn4cc(nn4)CO[C@H]3C2)n[nH]1. The summed E-state index contributed by atoms with van der Waals surface area (Å²) in [6, 6.07) is 4.51. The molecule has 1 fully saturated rings. The quantitative estimate of drug-likeness (QED) is 0.533. The van der Waals surface area contributed by atoms with Gasteiger partial charge in [0.25, 0.3) is 5.91 Å². The monoisotopic (exact) mass is 514 g/mol. The number of aryl methyl sites for hydroxylation is 3. The van der Waals surface area contributed by atoms with Crippen LogP contribution < -0.4 is 10.1 Å². The van der Waals surface area contributed by atoms with Gasteiger partial charge in [0.05, 0.1) is 36.6 Å². The van der Waals surface area contributed by atoms with Crippen LogP contribution in [0.15, 0.2) is 24.4 Å². The lowest BCUT2D eigenvalue weighted by Crippen LogP contribution is -2.44. The van der Waals surface area contributed by atoms with Crippen LogP contribution >= 0.6 is 11.6 Å². The predicted molar refractivity (Wildman–Crippen MR) is 127 cm³/mol. The molecule has 1 saturated heterocycles. The van der Waals surface area contributed by atoms with Gasteiger partial charge in [-0.2, -0.15) is 5.10 Å². The lowest BCUT2D eigenvalue weighted by Gasteiger charge is -2.20. The molecule has 2 N–H and O–H groups in total. The third kappa shape index (κ3) is 5.65. The van der Waals surface area contributed by atoms with E-state index in [9.17, 15) is 9.59 Å². The largest absolute Gasteiger partial charge is 0.492 e. The Kier molecular flexibility index (Phi) is 7.14. The number of halogens is 1. The fourth-order valence-corrected chi connectivity index (χ4v) is 4.46. The highest BCUT2D eigenvalue weighted by atomic mass is 35.5. The van der Waals surface area contributed by atoms with Crippen molar-refractivity contribution < 1.29 is 19.1 Å². The lowest BCUT2D eigenvalue weighted by molar-refractivity contribution is -0.130. The van der Waals surface area contributed by atoms with Crippen molar-refractivity contribution in [1.82, 2.24) is 40.4 Å². The summed E-state index contributed by atoms with van der Waals surface area (Å²) < 4.78 is 13.7. The average molecular weight is 515 g/mol. The van der Waals surface area contributed by atoms with Gasteiger partial charge in [0, 0.05) is 44.5 Å². The molecule has 1 aromatic carbocycles. The number of hydrogen-bond donors (Lipinski definition) is 2. The third-order valence-electron chi connectivity index (χ3n) is 6.16. The molecule has 190 valence electrons. The summed E-state index contributed by atoms with van der Waals surface area (Å²) in [5.74, 6) is 1.39. The summed E-state index contributed by atoms with van der Waals surface area (Å²) in [6.45, 7) is 3.73. The molecule has 12 nitrogen and oxygen atoms in total. The highest BCUT2D eigenvalue weighted by molar-refractivity contribution is 6.32. The van der Waals surface area contributed by atoms with E-state index in [-0.39, 0.29) is 24.8 Å². The topological polar surface area (TPSA) is 140 Å². The average Bonchev–Trinajstić information content (AvgIpc) is 3.59. The minimum atomic E-state index is -0.412. The maximum Gasteiger partial charge on any atom is 0.251 e. The van der Waals surface area contributed by atoms with Crippen LogP contribution in [0, 0.1) is 6.92 Å². The summed E-state index contributed by atoms with van der Waals surface area (Å²) in [5.41, 5.74) is 1.09. The fourth-order valence-electron chi connectivity index (χ4n) is 4.28. The van der Waals surface area contributed by atoms with Gasteiger partial charge in [-0.25, -0.2) is 4.98 Å². The van der Waals surface area contributed by atoms with Crippen molar-refractivity contribution in [3.05, 3.63) is 52.3 Å². The number of aromatic amines is 1. The molecular weight excluding hydrogens is 488 g/mol. The van der Waals surface area contributed by atoms with E-state index in [1.807, 2.05) is 13.1 Å². The van der Waals surface area contributed by atoms with Gasteiger partial charge in [-0.1, -0.05) is 16.8 Å². The number of H-pyrrole nitrogens is 1. The second-order valence-corrected chi connectivity index (χ2v) is 9.29. The highest BCUT2D eigenvalue weighted by Crippen LogP contribution is 2.26. The van der Waals surface area contributed by atoms with Crippen molar-refractivity contribution in [1.29, 1.82) is 0 Å². The van der Waals surface area contributed by atoms with Gasteiger partial charge in [0.1, 0.15) is 17.3 Å². The Morgan fingerprint density at radius 3 is 3.03 bits per heavy atom. The van der Waals surface area contributed by atoms with Crippen LogP contribution in [0.4, 0.5) is 0 Å². The number of aromatic nitrogens is 6. The Balaban J connectivity index is 1.32. The van der Waals surface area contributed by atoms with Crippen molar-refractivity contribution in [3.63, 3.8) is 0 Å². The molecule has 0 aliphatic carbocycles. The number of carbonyl (C=O) groups is 2. The molecule has 4 bridgehead atoms. The number of likely N-dealkylation sites (tertiary alicyclic amines) is 1. The van der Waals surface area contributed by atoms with Crippen LogP contribution in [0.5, 0.6) is 5.75 Å². The normalized spacial score (nSPS) is 20.5. The number of hydrogen-bond acceptors (Lipinski definition) is 8. The molecular formula is C23H27ClN8O4. The molecule has 2 atom stereocenters. The van der Waals surface area contributed by atoms with E-state index in [0.717, 1.165) is 0 Å². The van der Waals surface area contributed by atoms with E-state index in [0.29, 0.717) is 72.8 Å². The van der Waals surface area contributed by atoms with Gasteiger partial charge in [0.2, 0.25) is 5.91 Å². The smallest absolute Gasteiger partial charge is 0.251 e. The predicted octanol–water partition coefficient (Wildman–Crippen LogP) is 1.30. The Labute approximate surface area is 212 Å². The Morgan fingerprint density at radius 2 is 2.19 bits per heavy atom. The molecule has 2 aliphatic rings. The minimum Gasteiger partial charge on any atom is -0.492 e. The molecule has 0 spiro atoms. The molecule has 2 aromatic heterocycles. The number of ether oxygens (including phenoxy) is 2. The molecule has 3 aromatic rings. The van der Waals surface area contributed by atoms with Crippen LogP contribution in [-0.4, -0.2) is 78.7 Å². The summed E-state index contributed by atoms with van der Waals surface area (Å²) in [6.07, 6.45) is 2.79. The molecule has 2 amide bonds. The van der Waals surface area contributed by atoms with Crippen LogP contribution in [0.25, 0.3) is 0 Å². The van der Waals surface area contributed by atoms with Crippen molar-refractivity contribution in [3.8, 4) is 5.75 Å². The van der Waals surface area contributed by atoms with Crippen molar-refractivity contribution in [2.24, 2.45) is 0 Å². The number of benzene rings is 1. The summed E-state index contributed by atoms with van der Waals surface area (Å²) in [4.78, 5) is 32.0. The second kappa shape index (κ2) is 10.6. The van der Waals surface area contributed by atoms with E-state index in [1.54, 1.807) is 27.8 Å². The first-order valence-electron chi connectivity index (χ1n) is 11.8. The second-order valence-electron chi connectivity index (χ2n) is 8.89. The number of rotatable bonds is 3. The van der Waals surface area contributed by atoms with Gasteiger partial charge >= 0.3 is 0 Å². The van der Waals surface area contributed by atoms with Gasteiger partial charge in [-0.15, -0.1) is 5.10 Å². The number of fused-ring (bicyclic) bond motifs is 5. The van der Waals surface area contributed by atoms with Crippen LogP contribution in [-0.2, 0) is 29.1 Å². The Bertz CT molecular complexity index is 1240. The molecule has 0 radical (unpaired) electrons. The summed E-state index contributed by atoms with van der Waals surface area (Å²) in [7, 11) is 0. The Morgan fingerprint density at radius 1 is 1.31 bits per heavy atom. The molecule has 2 aliphatic heterocycles. The first-order chi connectivity index (χ1) is 17.4. The van der Waals surface area contributed by atoms with Crippen molar-refractivity contribution in [2.75, 3.05) is 19.7 Å². The third-order valence-corrected chi connectivity index (χ3v) is 6.47. The zero-order valence-corrected chi connectivity index (χ0v) is 20.6. The van der Waals surface area contributed by atoms with Gasteiger partial charge < -0.3 is 19.7 Å². The summed E-state index contributed by atoms with van der Waals surface area (Å²) >= 11 is 6.27. The molecule has 5 rings (SSSR count). The van der Waals surface area contributed by atoms with Gasteiger partial charge in [-0.3, -0.25) is 19.4 Å².